The maximum atomic E-state index is 13.1. The van der Waals surface area contributed by atoms with Gasteiger partial charge in [-0.3, -0.25) is 4.79 Å². The number of fused-ring (bicyclic) bond motifs is 1. The molecule has 7 nitrogen and oxygen atoms in total. The molecule has 0 fully saturated rings. The van der Waals surface area contributed by atoms with Gasteiger partial charge in [0.05, 0.1) is 17.3 Å². The van der Waals surface area contributed by atoms with Gasteiger partial charge in [0, 0.05) is 19.0 Å². The lowest BCUT2D eigenvalue weighted by Crippen LogP contribution is -2.24. The summed E-state index contributed by atoms with van der Waals surface area (Å²) in [6, 6.07) is 23.2. The van der Waals surface area contributed by atoms with Crippen molar-refractivity contribution < 1.29 is 14.2 Å². The fourth-order valence-corrected chi connectivity index (χ4v) is 4.55. The van der Waals surface area contributed by atoms with Gasteiger partial charge in [-0.05, 0) is 47.7 Å². The number of nitrogens with zero attached hydrogens (tertiary/aromatic N) is 3. The molecule has 0 saturated carbocycles. The topological polar surface area (TPSA) is 86.4 Å². The molecule has 37 heavy (non-hydrogen) atoms. The average molecular weight is 494 g/mol. The predicted octanol–water partition coefficient (Wildman–Crippen LogP) is 5.87. The van der Waals surface area contributed by atoms with Crippen LogP contribution >= 0.6 is 0 Å². The largest absolute Gasteiger partial charge is 0.454 e. The number of nitriles is 1. The van der Waals surface area contributed by atoms with Crippen LogP contribution < -0.4 is 19.8 Å². The second-order valence-electron chi connectivity index (χ2n) is 8.77. The molecule has 0 atom stereocenters. The Morgan fingerprint density at radius 1 is 1.03 bits per heavy atom. The lowest BCUT2D eigenvalue weighted by Gasteiger charge is -2.20. The van der Waals surface area contributed by atoms with Crippen LogP contribution in [0.5, 0.6) is 23.0 Å². The van der Waals surface area contributed by atoms with Crippen LogP contribution in [-0.4, -0.2) is 16.3 Å². The highest BCUT2D eigenvalue weighted by Crippen LogP contribution is 2.36. The first-order valence-corrected chi connectivity index (χ1v) is 12.4. The van der Waals surface area contributed by atoms with Crippen molar-refractivity contribution in [3.8, 4) is 40.2 Å². The first-order valence-electron chi connectivity index (χ1n) is 12.4. The van der Waals surface area contributed by atoms with E-state index in [0.717, 1.165) is 34.6 Å². The first kappa shape index (κ1) is 24.1. The number of aryl methyl sites for hydroxylation is 1. The van der Waals surface area contributed by atoms with Gasteiger partial charge in [0.2, 0.25) is 12.5 Å². The maximum absolute atomic E-state index is 13.1. The summed E-state index contributed by atoms with van der Waals surface area (Å²) in [7, 11) is 0. The molecule has 0 aliphatic carbocycles. The molecule has 2 heterocycles. The zero-order valence-corrected chi connectivity index (χ0v) is 20.9. The van der Waals surface area contributed by atoms with Gasteiger partial charge in [-0.1, -0.05) is 56.3 Å². The molecule has 1 aromatic heterocycles. The fraction of sp³-hybridized carbons (Fsp3) is 0.233. The third-order valence-electron chi connectivity index (χ3n) is 6.35. The molecule has 1 aliphatic rings. The SMILES string of the molecule is CCCc1nc(=O)c(Oc2ccc3c(c2)OCO3)c(CC)n1Cc1ccc(-c2ccccc2C#N)cc1. The molecule has 186 valence electrons. The normalized spacial score (nSPS) is 11.8. The summed E-state index contributed by atoms with van der Waals surface area (Å²) in [4.78, 5) is 17.5. The Bertz CT molecular complexity index is 1530. The molecular formula is C30H27N3O4. The minimum Gasteiger partial charge on any atom is -0.454 e. The fourth-order valence-electron chi connectivity index (χ4n) is 4.55. The molecule has 7 heteroatoms. The Hall–Kier alpha value is -4.57. The van der Waals surface area contributed by atoms with Crippen molar-refractivity contribution in [1.29, 1.82) is 5.26 Å². The van der Waals surface area contributed by atoms with Crippen LogP contribution in [0.25, 0.3) is 11.1 Å². The van der Waals surface area contributed by atoms with E-state index in [9.17, 15) is 10.1 Å². The number of hydrogen-bond acceptors (Lipinski definition) is 6. The standard InChI is InChI=1S/C30H27N3O4/c1-3-7-28-32-30(34)29(37-23-14-15-26-27(16-23)36-19-35-26)25(4-2)33(28)18-20-10-12-21(13-11-20)24-9-6-5-8-22(24)17-31/h5-6,8-16H,3-4,7,18-19H2,1-2H3. The molecule has 3 aromatic carbocycles. The van der Waals surface area contributed by atoms with E-state index >= 15 is 0 Å². The Balaban J connectivity index is 1.50. The van der Waals surface area contributed by atoms with Gasteiger partial charge in [-0.15, -0.1) is 0 Å². The van der Waals surface area contributed by atoms with Crippen molar-refractivity contribution in [2.75, 3.05) is 6.79 Å². The van der Waals surface area contributed by atoms with E-state index in [2.05, 4.69) is 34.7 Å². The summed E-state index contributed by atoms with van der Waals surface area (Å²) >= 11 is 0. The van der Waals surface area contributed by atoms with Crippen molar-refractivity contribution in [3.05, 3.63) is 99.7 Å². The lowest BCUT2D eigenvalue weighted by molar-refractivity contribution is 0.174. The van der Waals surface area contributed by atoms with Gasteiger partial charge >= 0.3 is 5.56 Å². The van der Waals surface area contributed by atoms with E-state index in [1.54, 1.807) is 18.2 Å². The summed E-state index contributed by atoms with van der Waals surface area (Å²) < 4.78 is 19.0. The quantitative estimate of drug-likeness (QED) is 0.305. The van der Waals surface area contributed by atoms with Crippen LogP contribution in [0.2, 0.25) is 0 Å². The molecule has 0 N–H and O–H groups in total. The van der Waals surface area contributed by atoms with Crippen molar-refractivity contribution >= 4 is 0 Å². The van der Waals surface area contributed by atoms with Gasteiger partial charge < -0.3 is 18.8 Å². The Morgan fingerprint density at radius 2 is 1.81 bits per heavy atom. The van der Waals surface area contributed by atoms with Gasteiger partial charge in [0.1, 0.15) is 11.6 Å². The maximum Gasteiger partial charge on any atom is 0.316 e. The monoisotopic (exact) mass is 493 g/mol. The summed E-state index contributed by atoms with van der Waals surface area (Å²) in [5.74, 6) is 2.69. The van der Waals surface area contributed by atoms with Gasteiger partial charge in [-0.2, -0.15) is 10.2 Å². The summed E-state index contributed by atoms with van der Waals surface area (Å²) in [6.07, 6.45) is 2.14. The molecule has 0 bridgehead atoms. The molecule has 0 unspecified atom stereocenters. The molecule has 0 spiro atoms. The number of hydrogen-bond donors (Lipinski definition) is 0. The molecule has 0 saturated heterocycles. The number of ether oxygens (including phenoxy) is 3. The molecule has 1 aliphatic heterocycles. The van der Waals surface area contributed by atoms with Crippen LogP contribution in [0.3, 0.4) is 0 Å². The van der Waals surface area contributed by atoms with E-state index in [1.807, 2.05) is 43.3 Å². The van der Waals surface area contributed by atoms with E-state index in [1.165, 1.54) is 0 Å². The van der Waals surface area contributed by atoms with E-state index in [4.69, 9.17) is 14.2 Å². The zero-order chi connectivity index (χ0) is 25.8. The first-order chi connectivity index (χ1) is 18.1. The van der Waals surface area contributed by atoms with Gasteiger partial charge in [0.15, 0.2) is 11.5 Å². The third-order valence-corrected chi connectivity index (χ3v) is 6.35. The number of rotatable bonds is 8. The smallest absolute Gasteiger partial charge is 0.316 e. The minimum absolute atomic E-state index is 0.167. The number of benzene rings is 3. The van der Waals surface area contributed by atoms with Gasteiger partial charge in [0.25, 0.3) is 0 Å². The Labute approximate surface area is 215 Å². The molecule has 4 aromatic rings. The highest BCUT2D eigenvalue weighted by atomic mass is 16.7. The molecule has 5 rings (SSSR count). The second kappa shape index (κ2) is 10.6. The van der Waals surface area contributed by atoms with E-state index in [0.29, 0.717) is 42.2 Å². The zero-order valence-electron chi connectivity index (χ0n) is 20.9. The van der Waals surface area contributed by atoms with Crippen LogP contribution in [-0.2, 0) is 19.4 Å². The van der Waals surface area contributed by atoms with Crippen LogP contribution in [0.1, 0.15) is 42.9 Å². The predicted molar refractivity (Wildman–Crippen MR) is 140 cm³/mol. The molecular weight excluding hydrogens is 466 g/mol. The average Bonchev–Trinajstić information content (AvgIpc) is 3.40. The second-order valence-corrected chi connectivity index (χ2v) is 8.77. The van der Waals surface area contributed by atoms with Gasteiger partial charge in [-0.25, -0.2) is 0 Å². The van der Waals surface area contributed by atoms with E-state index in [-0.39, 0.29) is 18.1 Å². The minimum atomic E-state index is -0.377. The van der Waals surface area contributed by atoms with Crippen molar-refractivity contribution in [1.82, 2.24) is 9.55 Å². The highest BCUT2D eigenvalue weighted by Gasteiger charge is 2.20. The molecule has 0 radical (unpaired) electrons. The summed E-state index contributed by atoms with van der Waals surface area (Å²) in [5, 5.41) is 9.46. The third kappa shape index (κ3) is 4.91. The van der Waals surface area contributed by atoms with Crippen LogP contribution in [0.15, 0.2) is 71.5 Å². The molecule has 0 amide bonds. The van der Waals surface area contributed by atoms with E-state index < -0.39 is 0 Å². The highest BCUT2D eigenvalue weighted by molar-refractivity contribution is 5.70. The Morgan fingerprint density at radius 3 is 2.57 bits per heavy atom. The number of aromatic nitrogens is 2. The van der Waals surface area contributed by atoms with Crippen LogP contribution in [0, 0.1) is 11.3 Å². The van der Waals surface area contributed by atoms with Crippen molar-refractivity contribution in [2.24, 2.45) is 0 Å². The summed E-state index contributed by atoms with van der Waals surface area (Å²) in [5.41, 5.74) is 4.00. The Kier molecular flexibility index (Phi) is 6.91. The van der Waals surface area contributed by atoms with Crippen LogP contribution in [0.4, 0.5) is 0 Å². The summed E-state index contributed by atoms with van der Waals surface area (Å²) in [6.45, 7) is 4.79. The lowest BCUT2D eigenvalue weighted by atomic mass is 9.99. The van der Waals surface area contributed by atoms with Crippen molar-refractivity contribution in [3.63, 3.8) is 0 Å². The van der Waals surface area contributed by atoms with Crippen molar-refractivity contribution in [2.45, 2.75) is 39.7 Å².